The van der Waals surface area contributed by atoms with Gasteiger partial charge in [-0.2, -0.15) is 0 Å². The molecule has 8 nitrogen and oxygen atoms in total. The molecule has 100 valence electrons. The van der Waals surface area contributed by atoms with Crippen molar-refractivity contribution >= 4 is 17.7 Å². The van der Waals surface area contributed by atoms with Crippen LogP contribution in [0.3, 0.4) is 0 Å². The molecule has 1 atom stereocenters. The molecule has 2 aliphatic rings. The van der Waals surface area contributed by atoms with Crippen LogP contribution in [0.2, 0.25) is 0 Å². The summed E-state index contributed by atoms with van der Waals surface area (Å²) in [5.41, 5.74) is 0. The van der Waals surface area contributed by atoms with Crippen molar-refractivity contribution in [1.82, 2.24) is 25.4 Å². The zero-order valence-electron chi connectivity index (χ0n) is 10.3. The van der Waals surface area contributed by atoms with Crippen molar-refractivity contribution in [2.75, 3.05) is 7.05 Å². The molecule has 19 heavy (non-hydrogen) atoms. The van der Waals surface area contributed by atoms with Crippen molar-refractivity contribution in [3.05, 3.63) is 11.6 Å². The van der Waals surface area contributed by atoms with Gasteiger partial charge in [-0.25, -0.2) is 4.98 Å². The lowest BCUT2D eigenvalue weighted by molar-refractivity contribution is -0.137. The quantitative estimate of drug-likeness (QED) is 0.692. The molecule has 1 unspecified atom stereocenters. The highest BCUT2D eigenvalue weighted by Crippen LogP contribution is 2.37. The van der Waals surface area contributed by atoms with Gasteiger partial charge in [0.2, 0.25) is 11.7 Å². The predicted octanol–water partition coefficient (Wildman–Crippen LogP) is -0.831. The maximum absolute atomic E-state index is 11.9. The number of aromatic nitrogens is 3. The SMILES string of the molecule is CN1C(=O)CC(NC(=O)c2n[nH]c(C3CC3)n2)C1=O. The third-order valence-corrected chi connectivity index (χ3v) is 3.36. The van der Waals surface area contributed by atoms with Crippen LogP contribution >= 0.6 is 0 Å². The van der Waals surface area contributed by atoms with Gasteiger partial charge in [-0.05, 0) is 12.8 Å². The number of imide groups is 1. The maximum atomic E-state index is 11.9. The summed E-state index contributed by atoms with van der Waals surface area (Å²) < 4.78 is 0. The molecule has 1 aromatic heterocycles. The number of hydrogen-bond acceptors (Lipinski definition) is 5. The van der Waals surface area contributed by atoms with E-state index in [1.54, 1.807) is 0 Å². The van der Waals surface area contributed by atoms with Crippen molar-refractivity contribution in [3.63, 3.8) is 0 Å². The monoisotopic (exact) mass is 263 g/mol. The summed E-state index contributed by atoms with van der Waals surface area (Å²) >= 11 is 0. The molecular weight excluding hydrogens is 250 g/mol. The van der Waals surface area contributed by atoms with E-state index in [1.807, 2.05) is 0 Å². The summed E-state index contributed by atoms with van der Waals surface area (Å²) in [7, 11) is 1.40. The minimum absolute atomic E-state index is 0.0108. The van der Waals surface area contributed by atoms with Crippen LogP contribution in [0, 0.1) is 0 Å². The van der Waals surface area contributed by atoms with Crippen LogP contribution in [0.25, 0.3) is 0 Å². The molecule has 2 fully saturated rings. The van der Waals surface area contributed by atoms with Crippen molar-refractivity contribution in [1.29, 1.82) is 0 Å². The molecule has 3 amide bonds. The van der Waals surface area contributed by atoms with Gasteiger partial charge in [0.25, 0.3) is 11.8 Å². The summed E-state index contributed by atoms with van der Waals surface area (Å²) in [5.74, 6) is -0.160. The zero-order chi connectivity index (χ0) is 13.6. The molecule has 0 radical (unpaired) electrons. The fourth-order valence-corrected chi connectivity index (χ4v) is 2.01. The minimum Gasteiger partial charge on any atom is -0.337 e. The van der Waals surface area contributed by atoms with Crippen LogP contribution in [0.4, 0.5) is 0 Å². The molecule has 1 saturated carbocycles. The van der Waals surface area contributed by atoms with E-state index in [2.05, 4.69) is 20.5 Å². The number of rotatable bonds is 3. The molecule has 1 saturated heterocycles. The second kappa shape index (κ2) is 4.15. The van der Waals surface area contributed by atoms with Gasteiger partial charge >= 0.3 is 0 Å². The number of nitrogens with one attached hydrogen (secondary N) is 2. The number of carbonyl (C=O) groups excluding carboxylic acids is 3. The molecule has 1 aromatic rings. The molecule has 2 heterocycles. The van der Waals surface area contributed by atoms with Gasteiger partial charge in [0.05, 0.1) is 6.42 Å². The highest BCUT2D eigenvalue weighted by atomic mass is 16.2. The van der Waals surface area contributed by atoms with E-state index in [9.17, 15) is 14.4 Å². The third-order valence-electron chi connectivity index (χ3n) is 3.36. The molecule has 1 aliphatic carbocycles. The van der Waals surface area contributed by atoms with Crippen molar-refractivity contribution in [2.45, 2.75) is 31.2 Å². The second-order valence-electron chi connectivity index (χ2n) is 4.84. The van der Waals surface area contributed by atoms with Gasteiger partial charge in [-0.15, -0.1) is 5.10 Å². The Bertz CT molecular complexity index is 562. The van der Waals surface area contributed by atoms with Crippen molar-refractivity contribution in [3.8, 4) is 0 Å². The molecule has 0 spiro atoms. The third kappa shape index (κ3) is 2.09. The van der Waals surface area contributed by atoms with E-state index in [0.717, 1.165) is 17.7 Å². The molecule has 0 bridgehead atoms. The van der Waals surface area contributed by atoms with E-state index in [0.29, 0.717) is 11.7 Å². The Morgan fingerprint density at radius 2 is 2.16 bits per heavy atom. The summed E-state index contributed by atoms with van der Waals surface area (Å²) in [6, 6.07) is -0.812. The van der Waals surface area contributed by atoms with Crippen LogP contribution in [-0.4, -0.2) is 50.9 Å². The maximum Gasteiger partial charge on any atom is 0.291 e. The fourth-order valence-electron chi connectivity index (χ4n) is 2.01. The van der Waals surface area contributed by atoms with Gasteiger partial charge in [0.1, 0.15) is 11.9 Å². The first kappa shape index (κ1) is 11.8. The van der Waals surface area contributed by atoms with Gasteiger partial charge < -0.3 is 5.32 Å². The number of hydrogen-bond donors (Lipinski definition) is 2. The van der Waals surface area contributed by atoms with E-state index >= 15 is 0 Å². The van der Waals surface area contributed by atoms with E-state index < -0.39 is 17.9 Å². The minimum atomic E-state index is -0.812. The van der Waals surface area contributed by atoms with Crippen molar-refractivity contribution < 1.29 is 14.4 Å². The van der Waals surface area contributed by atoms with Crippen LogP contribution in [0.5, 0.6) is 0 Å². The standard InChI is InChI=1S/C11H13N5O3/c1-16-7(17)4-6(11(16)19)12-10(18)9-13-8(14-15-9)5-2-3-5/h5-6H,2-4H2,1H3,(H,12,18)(H,13,14,15). The van der Waals surface area contributed by atoms with E-state index in [-0.39, 0.29) is 18.2 Å². The number of amides is 3. The first-order valence-corrected chi connectivity index (χ1v) is 6.10. The van der Waals surface area contributed by atoms with Crippen LogP contribution in [0.1, 0.15) is 41.6 Å². The summed E-state index contributed by atoms with van der Waals surface area (Å²) in [4.78, 5) is 40.0. The summed E-state index contributed by atoms with van der Waals surface area (Å²) in [6.07, 6.45) is 2.09. The molecular formula is C11H13N5O3. The molecule has 0 aromatic carbocycles. The van der Waals surface area contributed by atoms with Gasteiger partial charge in [0.15, 0.2) is 0 Å². The number of H-pyrrole nitrogens is 1. The molecule has 2 N–H and O–H groups in total. The molecule has 8 heteroatoms. The van der Waals surface area contributed by atoms with Crippen LogP contribution in [-0.2, 0) is 9.59 Å². The van der Waals surface area contributed by atoms with E-state index in [4.69, 9.17) is 0 Å². The Balaban J connectivity index is 1.67. The number of aromatic amines is 1. The fraction of sp³-hybridized carbons (Fsp3) is 0.545. The molecule has 1 aliphatic heterocycles. The summed E-state index contributed by atoms with van der Waals surface area (Å²) in [6.45, 7) is 0. The highest BCUT2D eigenvalue weighted by molar-refractivity contribution is 6.07. The zero-order valence-corrected chi connectivity index (χ0v) is 10.3. The first-order chi connectivity index (χ1) is 9.06. The van der Waals surface area contributed by atoms with E-state index in [1.165, 1.54) is 7.05 Å². The lowest BCUT2D eigenvalue weighted by Crippen LogP contribution is -2.41. The number of nitrogens with zero attached hydrogens (tertiary/aromatic N) is 3. The highest BCUT2D eigenvalue weighted by Gasteiger charge is 2.37. The largest absolute Gasteiger partial charge is 0.337 e. The van der Waals surface area contributed by atoms with Gasteiger partial charge in [-0.3, -0.25) is 24.4 Å². The molecule has 3 rings (SSSR count). The van der Waals surface area contributed by atoms with Crippen LogP contribution in [0.15, 0.2) is 0 Å². The number of likely N-dealkylation sites (tertiary alicyclic amines) is 1. The van der Waals surface area contributed by atoms with Crippen molar-refractivity contribution in [2.24, 2.45) is 0 Å². The Hall–Kier alpha value is -2.25. The Kier molecular flexibility index (Phi) is 2.58. The second-order valence-corrected chi connectivity index (χ2v) is 4.84. The Morgan fingerprint density at radius 3 is 2.74 bits per heavy atom. The lowest BCUT2D eigenvalue weighted by atomic mass is 10.2. The average Bonchev–Trinajstić information content (AvgIpc) is 3.07. The van der Waals surface area contributed by atoms with Crippen LogP contribution < -0.4 is 5.32 Å². The average molecular weight is 263 g/mol. The predicted molar refractivity (Wildman–Crippen MR) is 62.0 cm³/mol. The number of carbonyl (C=O) groups is 3. The normalized spacial score (nSPS) is 23.0. The smallest absolute Gasteiger partial charge is 0.291 e. The number of likely N-dealkylation sites (N-methyl/N-ethyl adjacent to an activating group) is 1. The summed E-state index contributed by atoms with van der Waals surface area (Å²) in [5, 5.41) is 9.03. The topological polar surface area (TPSA) is 108 Å². The van der Waals surface area contributed by atoms with Gasteiger partial charge in [-0.1, -0.05) is 0 Å². The van der Waals surface area contributed by atoms with Gasteiger partial charge in [0, 0.05) is 13.0 Å². The Morgan fingerprint density at radius 1 is 1.42 bits per heavy atom. The lowest BCUT2D eigenvalue weighted by Gasteiger charge is -2.09. The first-order valence-electron chi connectivity index (χ1n) is 6.10. The Labute approximate surface area is 108 Å².